The van der Waals surface area contributed by atoms with Gasteiger partial charge in [0.1, 0.15) is 0 Å². The molecule has 0 fully saturated rings. The summed E-state index contributed by atoms with van der Waals surface area (Å²) in [4.78, 5) is 0. The Morgan fingerprint density at radius 1 is 0.880 bits per heavy atom. The normalized spacial score (nSPS) is 11.2. The third-order valence-electron chi connectivity index (χ3n) is 3.06. The number of rotatable bonds is 14. The molecule has 0 saturated carbocycles. The van der Waals surface area contributed by atoms with Crippen molar-refractivity contribution in [1.82, 2.24) is 0 Å². The summed E-state index contributed by atoms with van der Waals surface area (Å²) in [5, 5.41) is 0. The molecule has 0 aliphatic carbocycles. The van der Waals surface area contributed by atoms with E-state index < -0.39 is 20.5 Å². The van der Waals surface area contributed by atoms with Crippen molar-refractivity contribution >= 4 is 20.5 Å². The average molecular weight is 413 g/mol. The van der Waals surface area contributed by atoms with Crippen LogP contribution in [0, 0.1) is 0 Å². The zero-order chi connectivity index (χ0) is 18.9. The monoisotopic (exact) mass is 412 g/mol. The van der Waals surface area contributed by atoms with Gasteiger partial charge in [0.05, 0.1) is 12.4 Å². The zero-order valence-corrected chi connectivity index (χ0v) is 19.2. The fourth-order valence-electron chi connectivity index (χ4n) is 1.90. The quantitative estimate of drug-likeness (QED) is 0.188. The maximum atomic E-state index is 10.2. The first-order valence-corrected chi connectivity index (χ1v) is 11.3. The van der Waals surface area contributed by atoms with Crippen LogP contribution in [0.25, 0.3) is 0 Å². The van der Waals surface area contributed by atoms with Gasteiger partial charge in [0.15, 0.2) is 0 Å². The van der Waals surface area contributed by atoms with Crippen molar-refractivity contribution in [2.45, 2.75) is 71.1 Å². The van der Waals surface area contributed by atoms with Crippen LogP contribution in [0.5, 0.6) is 0 Å². The van der Waals surface area contributed by atoms with E-state index in [2.05, 4.69) is 17.7 Å². The summed E-state index contributed by atoms with van der Waals surface area (Å²) in [5.41, 5.74) is 0. The first-order valence-electron chi connectivity index (χ1n) is 8.30. The van der Waals surface area contributed by atoms with Crippen LogP contribution in [0.2, 0.25) is 0 Å². The number of hydrogen-bond donors (Lipinski definition) is 2. The Hall–Kier alpha value is 0.520. The smallest absolute Gasteiger partial charge is 1.00 e. The van der Waals surface area contributed by atoms with Gasteiger partial charge in [-0.25, -0.2) is 4.18 Å². The van der Waals surface area contributed by atoms with E-state index in [1.165, 1.54) is 44.9 Å². The molecule has 0 aliphatic heterocycles. The van der Waals surface area contributed by atoms with Crippen molar-refractivity contribution in [3.63, 3.8) is 0 Å². The van der Waals surface area contributed by atoms with Crippen molar-refractivity contribution in [2.75, 3.05) is 12.4 Å². The van der Waals surface area contributed by atoms with E-state index in [0.29, 0.717) is 6.42 Å². The molecule has 0 atom stereocenters. The van der Waals surface area contributed by atoms with Gasteiger partial charge in [0.2, 0.25) is 0 Å². The fraction of sp³-hybridized carbons (Fsp3) is 0.867. The summed E-state index contributed by atoms with van der Waals surface area (Å²) in [5.74, 6) is -0.368. The molecule has 0 rings (SSSR count). The van der Waals surface area contributed by atoms with E-state index >= 15 is 0 Å². The Labute approximate surface area is 177 Å². The third-order valence-corrected chi connectivity index (χ3v) is 4.18. The summed E-state index contributed by atoms with van der Waals surface area (Å²) in [6.07, 6.45) is 13.0. The maximum Gasteiger partial charge on any atom is 1.00 e. The molecule has 10 heteroatoms. The van der Waals surface area contributed by atoms with Crippen molar-refractivity contribution in [3.05, 3.63) is 12.7 Å². The van der Waals surface area contributed by atoms with Crippen LogP contribution in [0.1, 0.15) is 72.6 Å². The Kier molecular flexibility index (Phi) is 23.3. The molecule has 7 nitrogen and oxygen atoms in total. The zero-order valence-electron chi connectivity index (χ0n) is 16.5. The van der Waals surface area contributed by atoms with Crippen molar-refractivity contribution < 1.29 is 61.1 Å². The molecule has 0 aliphatic rings. The van der Waals surface area contributed by atoms with Crippen molar-refractivity contribution in [3.8, 4) is 0 Å². The van der Waals surface area contributed by atoms with Gasteiger partial charge in [-0.15, -0.1) is 6.58 Å². The first-order chi connectivity index (χ1) is 11.1. The maximum absolute atomic E-state index is 10.2. The Morgan fingerprint density at radius 2 is 1.28 bits per heavy atom. The van der Waals surface area contributed by atoms with E-state index in [9.17, 15) is 16.8 Å². The van der Waals surface area contributed by atoms with Crippen LogP contribution < -0.4 is 29.6 Å². The minimum Gasteiger partial charge on any atom is -1.00 e. The van der Waals surface area contributed by atoms with Gasteiger partial charge in [-0.05, 0) is 6.42 Å². The topological polar surface area (TPSA) is 118 Å². The van der Waals surface area contributed by atoms with Crippen LogP contribution in [0.4, 0.5) is 0 Å². The summed E-state index contributed by atoms with van der Waals surface area (Å²) < 4.78 is 60.3. The summed E-state index contributed by atoms with van der Waals surface area (Å²) in [7, 11) is -8.03. The van der Waals surface area contributed by atoms with E-state index in [1.807, 2.05) is 0 Å². The van der Waals surface area contributed by atoms with E-state index in [-0.39, 0.29) is 43.3 Å². The van der Waals surface area contributed by atoms with Gasteiger partial charge in [0, 0.05) is 0 Å². The Bertz CT molecular complexity index is 496. The van der Waals surface area contributed by atoms with Crippen LogP contribution >= 0.6 is 0 Å². The molecule has 0 unspecified atom stereocenters. The standard InChI is InChI=1S/C12H26O4S.C3H6O3S.Na.H/c1-2-3-4-5-6-7-8-9-10-11-12-16-17(13,14)15;1-2-3-7(4,5)6;;/h2-12H2,1H3,(H,13,14,15);2H,1,3H2,(H,4,5,6);;/q;;+1;-1. The summed E-state index contributed by atoms with van der Waals surface area (Å²) in [6.45, 7) is 5.42. The second-order valence-corrected chi connectivity index (χ2v) is 8.06. The Morgan fingerprint density at radius 3 is 1.56 bits per heavy atom. The van der Waals surface area contributed by atoms with E-state index in [1.54, 1.807) is 0 Å². The molecule has 0 aromatic heterocycles. The second kappa shape index (κ2) is 19.3. The molecule has 0 aromatic rings. The first kappa shape index (κ1) is 30.3. The van der Waals surface area contributed by atoms with Gasteiger partial charge in [0.25, 0.3) is 10.1 Å². The molecular weight excluding hydrogens is 379 g/mol. The van der Waals surface area contributed by atoms with Gasteiger partial charge in [-0.2, -0.15) is 16.8 Å². The van der Waals surface area contributed by atoms with Crippen molar-refractivity contribution in [2.24, 2.45) is 0 Å². The minimum atomic E-state index is -4.23. The molecule has 0 spiro atoms. The SMILES string of the molecule is C=CCS(=O)(=O)O.CCCCCCCCCCCCOS(=O)(=O)O.[H-].[Na+]. The van der Waals surface area contributed by atoms with Gasteiger partial charge in [-0.3, -0.25) is 9.11 Å². The van der Waals surface area contributed by atoms with Gasteiger partial charge < -0.3 is 1.43 Å². The van der Waals surface area contributed by atoms with E-state index in [0.717, 1.165) is 18.9 Å². The predicted molar refractivity (Wildman–Crippen MR) is 97.1 cm³/mol. The molecule has 0 saturated heterocycles. The molecule has 0 radical (unpaired) electrons. The molecular formula is C15H33NaO7S2. The van der Waals surface area contributed by atoms with Crippen molar-refractivity contribution in [1.29, 1.82) is 0 Å². The number of hydrogen-bond acceptors (Lipinski definition) is 5. The molecule has 0 bridgehead atoms. The number of unbranched alkanes of at least 4 members (excludes halogenated alkanes) is 9. The summed E-state index contributed by atoms with van der Waals surface area (Å²) in [6, 6.07) is 0. The third kappa shape index (κ3) is 36.3. The van der Waals surface area contributed by atoms with Crippen LogP contribution in [-0.2, 0) is 24.7 Å². The van der Waals surface area contributed by atoms with Gasteiger partial charge >= 0.3 is 40.0 Å². The molecule has 148 valence electrons. The molecule has 25 heavy (non-hydrogen) atoms. The Balaban J connectivity index is -0.000000230. The predicted octanol–water partition coefficient (Wildman–Crippen LogP) is 0.903. The van der Waals surface area contributed by atoms with Crippen LogP contribution in [0.15, 0.2) is 12.7 Å². The van der Waals surface area contributed by atoms with Crippen LogP contribution in [-0.4, -0.2) is 38.3 Å². The van der Waals surface area contributed by atoms with Gasteiger partial charge in [-0.1, -0.05) is 70.8 Å². The fourth-order valence-corrected chi connectivity index (χ4v) is 2.53. The molecule has 0 aromatic carbocycles. The summed E-state index contributed by atoms with van der Waals surface area (Å²) >= 11 is 0. The van der Waals surface area contributed by atoms with E-state index in [4.69, 9.17) is 9.11 Å². The van der Waals surface area contributed by atoms with Crippen LogP contribution in [0.3, 0.4) is 0 Å². The molecule has 0 amide bonds. The molecule has 0 heterocycles. The second-order valence-electron chi connectivity index (χ2n) is 5.47. The molecule has 2 N–H and O–H groups in total. The largest absolute Gasteiger partial charge is 1.00 e. The minimum absolute atomic E-state index is 0. The average Bonchev–Trinajstić information content (AvgIpc) is 2.43.